The maximum atomic E-state index is 12.6. The maximum absolute atomic E-state index is 12.6. The number of thiocarbonyl (C=S) groups is 1. The minimum atomic E-state index is -0.298. The Morgan fingerprint density at radius 2 is 1.62 bits per heavy atom. The molecule has 0 aliphatic heterocycles. The molecule has 3 aromatic carbocycles. The molecule has 3 rings (SSSR count). The van der Waals surface area contributed by atoms with E-state index >= 15 is 0 Å². The number of carbonyl (C=O) groups is 1. The summed E-state index contributed by atoms with van der Waals surface area (Å²) in [6.07, 6.45) is 0.826. The van der Waals surface area contributed by atoms with Crippen LogP contribution in [0.2, 0.25) is 0 Å². The lowest BCUT2D eigenvalue weighted by molar-refractivity contribution is 0.0977. The molecule has 5 nitrogen and oxygen atoms in total. The lowest BCUT2D eigenvalue weighted by Gasteiger charge is -2.12. The molecule has 0 saturated carbocycles. The van der Waals surface area contributed by atoms with Gasteiger partial charge in [0.15, 0.2) is 5.11 Å². The van der Waals surface area contributed by atoms with Crippen molar-refractivity contribution < 1.29 is 14.3 Å². The van der Waals surface area contributed by atoms with E-state index in [1.165, 1.54) is 5.56 Å². The molecule has 0 spiro atoms. The summed E-state index contributed by atoms with van der Waals surface area (Å²) < 4.78 is 11.5. The number of rotatable bonds is 9. The Bertz CT molecular complexity index is 1040. The van der Waals surface area contributed by atoms with Crippen LogP contribution in [0, 0.1) is 5.92 Å². The van der Waals surface area contributed by atoms with E-state index in [9.17, 15) is 4.79 Å². The lowest BCUT2D eigenvalue weighted by atomic mass is 10.2. The number of ether oxygens (including phenoxy) is 2. The molecule has 166 valence electrons. The predicted molar refractivity (Wildman–Crippen MR) is 133 cm³/mol. The third-order valence-corrected chi connectivity index (χ3v) is 4.70. The van der Waals surface area contributed by atoms with Crippen LogP contribution >= 0.6 is 12.2 Å². The van der Waals surface area contributed by atoms with Crippen molar-refractivity contribution in [2.45, 2.75) is 20.3 Å². The first kappa shape index (κ1) is 23.3. The normalized spacial score (nSPS) is 10.5. The summed E-state index contributed by atoms with van der Waals surface area (Å²) in [6.45, 7) is 5.31. The third-order valence-electron chi connectivity index (χ3n) is 4.50. The second kappa shape index (κ2) is 11.9. The number of amides is 1. The van der Waals surface area contributed by atoms with Gasteiger partial charge in [-0.05, 0) is 54.0 Å². The lowest BCUT2D eigenvalue weighted by Crippen LogP contribution is -2.34. The van der Waals surface area contributed by atoms with Gasteiger partial charge >= 0.3 is 0 Å². The van der Waals surface area contributed by atoms with E-state index in [1.54, 1.807) is 18.2 Å². The van der Waals surface area contributed by atoms with Crippen molar-refractivity contribution in [3.63, 3.8) is 0 Å². The van der Waals surface area contributed by atoms with Gasteiger partial charge < -0.3 is 14.8 Å². The van der Waals surface area contributed by atoms with E-state index in [1.807, 2.05) is 48.5 Å². The summed E-state index contributed by atoms with van der Waals surface area (Å²) in [4.78, 5) is 12.6. The number of anilines is 1. The molecule has 2 N–H and O–H groups in total. The van der Waals surface area contributed by atoms with Crippen molar-refractivity contribution in [3.05, 3.63) is 90.0 Å². The zero-order chi connectivity index (χ0) is 22.8. The third kappa shape index (κ3) is 7.71. The summed E-state index contributed by atoms with van der Waals surface area (Å²) >= 11 is 5.31. The van der Waals surface area contributed by atoms with Crippen LogP contribution in [0.15, 0.2) is 78.9 Å². The first-order valence-corrected chi connectivity index (χ1v) is 11.0. The first-order chi connectivity index (χ1) is 15.5. The van der Waals surface area contributed by atoms with E-state index in [0.29, 0.717) is 30.4 Å². The van der Waals surface area contributed by atoms with Crippen LogP contribution in [0.1, 0.15) is 29.8 Å². The number of hydrogen-bond acceptors (Lipinski definition) is 4. The van der Waals surface area contributed by atoms with Crippen molar-refractivity contribution in [2.24, 2.45) is 5.92 Å². The fourth-order valence-electron chi connectivity index (χ4n) is 2.92. The van der Waals surface area contributed by atoms with Gasteiger partial charge in [0, 0.05) is 23.7 Å². The SMILES string of the molecule is CC(C)COc1cccc(C(=O)NC(=S)Nc2cccc(OCCc3ccccc3)c2)c1. The van der Waals surface area contributed by atoms with E-state index < -0.39 is 0 Å². The Labute approximate surface area is 194 Å². The largest absolute Gasteiger partial charge is 0.493 e. The van der Waals surface area contributed by atoms with Gasteiger partial charge in [0.05, 0.1) is 13.2 Å². The Kier molecular flexibility index (Phi) is 8.63. The Balaban J connectivity index is 1.50. The van der Waals surface area contributed by atoms with Crippen LogP contribution in [-0.4, -0.2) is 24.2 Å². The molecule has 0 atom stereocenters. The highest BCUT2D eigenvalue weighted by Gasteiger charge is 2.10. The molecule has 0 saturated heterocycles. The molecule has 0 radical (unpaired) electrons. The Morgan fingerprint density at radius 3 is 2.38 bits per heavy atom. The van der Waals surface area contributed by atoms with Crippen molar-refractivity contribution in [1.82, 2.24) is 5.32 Å². The molecule has 6 heteroatoms. The van der Waals surface area contributed by atoms with Gasteiger partial charge in [-0.2, -0.15) is 0 Å². The summed E-state index contributed by atoms with van der Waals surface area (Å²) in [5.41, 5.74) is 2.44. The van der Waals surface area contributed by atoms with Crippen molar-refractivity contribution >= 4 is 28.9 Å². The van der Waals surface area contributed by atoms with Gasteiger partial charge in [-0.15, -0.1) is 0 Å². The Hall–Kier alpha value is -3.38. The van der Waals surface area contributed by atoms with Crippen LogP contribution in [0.5, 0.6) is 11.5 Å². The fourth-order valence-corrected chi connectivity index (χ4v) is 3.13. The van der Waals surface area contributed by atoms with Crippen LogP contribution in [-0.2, 0) is 6.42 Å². The van der Waals surface area contributed by atoms with E-state index in [4.69, 9.17) is 21.7 Å². The molecule has 32 heavy (non-hydrogen) atoms. The van der Waals surface area contributed by atoms with Crippen molar-refractivity contribution in [1.29, 1.82) is 0 Å². The molecule has 0 aromatic heterocycles. The van der Waals surface area contributed by atoms with Gasteiger partial charge in [-0.1, -0.05) is 56.3 Å². The van der Waals surface area contributed by atoms with Gasteiger partial charge in [-0.25, -0.2) is 0 Å². The molecule has 0 heterocycles. The molecule has 0 aliphatic rings. The smallest absolute Gasteiger partial charge is 0.257 e. The highest BCUT2D eigenvalue weighted by Crippen LogP contribution is 2.18. The number of hydrogen-bond donors (Lipinski definition) is 2. The van der Waals surface area contributed by atoms with Gasteiger partial charge in [0.25, 0.3) is 5.91 Å². The Morgan fingerprint density at radius 1 is 0.906 bits per heavy atom. The molecular formula is C26H28N2O3S. The van der Waals surface area contributed by atoms with Crippen LogP contribution in [0.25, 0.3) is 0 Å². The van der Waals surface area contributed by atoms with Crippen LogP contribution in [0.3, 0.4) is 0 Å². The number of carbonyl (C=O) groups excluding carboxylic acids is 1. The maximum Gasteiger partial charge on any atom is 0.257 e. The second-order valence-corrected chi connectivity index (χ2v) is 8.16. The zero-order valence-corrected chi connectivity index (χ0v) is 19.2. The van der Waals surface area contributed by atoms with Gasteiger partial charge in [-0.3, -0.25) is 10.1 Å². The fraction of sp³-hybridized carbons (Fsp3) is 0.231. The van der Waals surface area contributed by atoms with E-state index in [2.05, 4.69) is 36.6 Å². The van der Waals surface area contributed by atoms with Gasteiger partial charge in [0.1, 0.15) is 11.5 Å². The second-order valence-electron chi connectivity index (χ2n) is 7.75. The zero-order valence-electron chi connectivity index (χ0n) is 18.3. The highest BCUT2D eigenvalue weighted by atomic mass is 32.1. The number of nitrogens with one attached hydrogen (secondary N) is 2. The highest BCUT2D eigenvalue weighted by molar-refractivity contribution is 7.80. The standard InChI is InChI=1S/C26H28N2O3S/c1-19(2)18-31-23-12-6-10-21(16-23)25(29)28-26(32)27-22-11-7-13-24(17-22)30-15-14-20-8-4-3-5-9-20/h3-13,16-17,19H,14-15,18H2,1-2H3,(H2,27,28,29,32). The molecule has 1 amide bonds. The summed E-state index contributed by atoms with van der Waals surface area (Å²) in [6, 6.07) is 24.7. The molecular weight excluding hydrogens is 420 g/mol. The minimum Gasteiger partial charge on any atom is -0.493 e. The van der Waals surface area contributed by atoms with Crippen LogP contribution < -0.4 is 20.1 Å². The van der Waals surface area contributed by atoms with Crippen molar-refractivity contribution in [3.8, 4) is 11.5 Å². The van der Waals surface area contributed by atoms with Gasteiger partial charge in [0.2, 0.25) is 0 Å². The molecule has 0 bridgehead atoms. The topological polar surface area (TPSA) is 59.6 Å². The van der Waals surface area contributed by atoms with E-state index in [-0.39, 0.29) is 11.0 Å². The average Bonchev–Trinajstić information content (AvgIpc) is 2.79. The average molecular weight is 449 g/mol. The van der Waals surface area contributed by atoms with Crippen molar-refractivity contribution in [2.75, 3.05) is 18.5 Å². The molecule has 3 aromatic rings. The first-order valence-electron chi connectivity index (χ1n) is 10.6. The number of benzene rings is 3. The monoisotopic (exact) mass is 448 g/mol. The van der Waals surface area contributed by atoms with Crippen LogP contribution in [0.4, 0.5) is 5.69 Å². The minimum absolute atomic E-state index is 0.213. The summed E-state index contributed by atoms with van der Waals surface area (Å²) in [5, 5.41) is 5.95. The van der Waals surface area contributed by atoms with E-state index in [0.717, 1.165) is 17.9 Å². The summed E-state index contributed by atoms with van der Waals surface area (Å²) in [7, 11) is 0. The summed E-state index contributed by atoms with van der Waals surface area (Å²) in [5.74, 6) is 1.50. The molecule has 0 fully saturated rings. The quantitative estimate of drug-likeness (QED) is 0.425. The molecule has 0 unspecified atom stereocenters. The predicted octanol–water partition coefficient (Wildman–Crippen LogP) is 5.47. The molecule has 0 aliphatic carbocycles.